The number of aliphatic hydroxyl groups excluding tert-OH is 1. The first-order valence-electron chi connectivity index (χ1n) is 12.8. The number of ether oxygens (including phenoxy) is 2. The minimum atomic E-state index is -0.624. The number of carbonyl (C=O) groups excluding carboxylic acids is 1. The number of nitrogens with one attached hydrogen (secondary N) is 2. The van der Waals surface area contributed by atoms with Crippen LogP contribution in [-0.2, 0) is 4.74 Å². The van der Waals surface area contributed by atoms with Gasteiger partial charge in [0.1, 0.15) is 30.0 Å². The van der Waals surface area contributed by atoms with Crippen molar-refractivity contribution in [3.63, 3.8) is 0 Å². The zero-order valence-corrected chi connectivity index (χ0v) is 22.6. The molecule has 0 bridgehead atoms. The van der Waals surface area contributed by atoms with Crippen molar-refractivity contribution in [3.05, 3.63) is 41.3 Å². The number of rotatable bonds is 9. The molecule has 1 amide bonds. The Morgan fingerprint density at radius 2 is 2.11 bits per heavy atom. The molecule has 11 nitrogen and oxygen atoms in total. The van der Waals surface area contributed by atoms with E-state index in [1.165, 1.54) is 7.11 Å². The number of aliphatic hydroxyl groups is 1. The number of hydrogen-bond donors (Lipinski definition) is 3. The number of methoxy groups -OCH3 is 1. The molecule has 0 saturated carbocycles. The summed E-state index contributed by atoms with van der Waals surface area (Å²) in [5, 5.41) is 20.6. The zero-order valence-electron chi connectivity index (χ0n) is 22.6. The summed E-state index contributed by atoms with van der Waals surface area (Å²) in [4.78, 5) is 23.7. The Kier molecular flexibility index (Phi) is 8.80. The number of anilines is 1. The Morgan fingerprint density at radius 3 is 2.82 bits per heavy atom. The van der Waals surface area contributed by atoms with Crippen LogP contribution in [0.15, 0.2) is 28.8 Å². The van der Waals surface area contributed by atoms with E-state index in [0.717, 1.165) is 40.9 Å². The fourth-order valence-electron chi connectivity index (χ4n) is 4.65. The number of nitrogens with zero attached hydrogens (tertiary/aromatic N) is 4. The number of benzene rings is 1. The zero-order chi connectivity index (χ0) is 27.2. The van der Waals surface area contributed by atoms with Crippen LogP contribution < -0.4 is 15.4 Å². The third-order valence-corrected chi connectivity index (χ3v) is 6.59. The molecule has 0 spiro atoms. The van der Waals surface area contributed by atoms with Crippen LogP contribution >= 0.6 is 0 Å². The fourth-order valence-corrected chi connectivity index (χ4v) is 4.65. The van der Waals surface area contributed by atoms with Gasteiger partial charge < -0.3 is 34.6 Å². The van der Waals surface area contributed by atoms with Crippen molar-refractivity contribution in [1.29, 1.82) is 0 Å². The van der Waals surface area contributed by atoms with Crippen molar-refractivity contribution < 1.29 is 23.9 Å². The van der Waals surface area contributed by atoms with Gasteiger partial charge >= 0.3 is 6.09 Å². The van der Waals surface area contributed by atoms with Crippen LogP contribution in [0.5, 0.6) is 5.75 Å². The maximum Gasteiger partial charge on any atom is 0.409 e. The molecule has 3 aromatic rings. The largest absolute Gasteiger partial charge is 0.491 e. The molecule has 4 rings (SSSR count). The summed E-state index contributed by atoms with van der Waals surface area (Å²) < 4.78 is 16.2. The van der Waals surface area contributed by atoms with Crippen LogP contribution in [0.2, 0.25) is 0 Å². The second-order valence-electron chi connectivity index (χ2n) is 9.52. The van der Waals surface area contributed by atoms with E-state index in [0.29, 0.717) is 42.8 Å². The third-order valence-electron chi connectivity index (χ3n) is 6.59. The Morgan fingerprint density at radius 1 is 1.29 bits per heavy atom. The quantitative estimate of drug-likeness (QED) is 0.382. The molecule has 2 unspecified atom stereocenters. The molecule has 0 radical (unpaired) electrons. The highest BCUT2D eigenvalue weighted by molar-refractivity contribution is 5.75. The van der Waals surface area contributed by atoms with E-state index in [4.69, 9.17) is 24.0 Å². The summed E-state index contributed by atoms with van der Waals surface area (Å²) in [5.41, 5.74) is 3.93. The average Bonchev–Trinajstić information content (AvgIpc) is 3.26. The van der Waals surface area contributed by atoms with Crippen molar-refractivity contribution in [3.8, 4) is 28.4 Å². The number of piperidine rings is 1. The number of hydrogen-bond acceptors (Lipinski definition) is 10. The van der Waals surface area contributed by atoms with Crippen molar-refractivity contribution >= 4 is 11.9 Å². The maximum atomic E-state index is 12.1. The lowest BCUT2D eigenvalue weighted by Crippen LogP contribution is -2.45. The van der Waals surface area contributed by atoms with Gasteiger partial charge in [0.15, 0.2) is 5.82 Å². The van der Waals surface area contributed by atoms with E-state index in [-0.39, 0.29) is 18.7 Å². The summed E-state index contributed by atoms with van der Waals surface area (Å²) >= 11 is 0. The Hall–Kier alpha value is -3.70. The molecule has 1 saturated heterocycles. The molecule has 1 aliphatic heterocycles. The molecule has 1 aromatic carbocycles. The highest BCUT2D eigenvalue weighted by Gasteiger charge is 2.26. The van der Waals surface area contributed by atoms with Crippen LogP contribution in [0.1, 0.15) is 29.9 Å². The Balaban J connectivity index is 1.70. The van der Waals surface area contributed by atoms with Gasteiger partial charge in [-0.3, -0.25) is 0 Å². The van der Waals surface area contributed by atoms with Crippen molar-refractivity contribution in [1.82, 2.24) is 25.3 Å². The first kappa shape index (κ1) is 27.3. The molecule has 2 aromatic heterocycles. The first-order valence-corrected chi connectivity index (χ1v) is 12.8. The number of amides is 1. The maximum absolute atomic E-state index is 12.1. The van der Waals surface area contributed by atoms with Crippen LogP contribution in [0.4, 0.5) is 10.6 Å². The SMILES string of the molecule is CNCC(O)COc1cccc(-c2nc(NC3CCCN(C(=O)OC)C3)c(C)c(-c3c(C)noc3C)n2)c1. The molecule has 1 aliphatic rings. The monoisotopic (exact) mass is 524 g/mol. The predicted octanol–water partition coefficient (Wildman–Crippen LogP) is 3.33. The van der Waals surface area contributed by atoms with E-state index in [9.17, 15) is 9.90 Å². The van der Waals surface area contributed by atoms with Gasteiger partial charge in [-0.25, -0.2) is 14.8 Å². The number of aromatic nitrogens is 3. The van der Waals surface area contributed by atoms with E-state index >= 15 is 0 Å². The summed E-state index contributed by atoms with van der Waals surface area (Å²) in [6, 6.07) is 7.49. The minimum Gasteiger partial charge on any atom is -0.491 e. The lowest BCUT2D eigenvalue weighted by molar-refractivity contribution is 0.108. The molecule has 0 aliphatic carbocycles. The molecule has 1 fully saturated rings. The van der Waals surface area contributed by atoms with Crippen LogP contribution in [0.25, 0.3) is 22.6 Å². The predicted molar refractivity (Wildman–Crippen MR) is 143 cm³/mol. The second-order valence-corrected chi connectivity index (χ2v) is 9.52. The van der Waals surface area contributed by atoms with Crippen LogP contribution in [0, 0.1) is 20.8 Å². The van der Waals surface area contributed by atoms with Gasteiger partial charge in [-0.2, -0.15) is 0 Å². The van der Waals surface area contributed by atoms with Crippen molar-refractivity contribution in [2.45, 2.75) is 45.8 Å². The lowest BCUT2D eigenvalue weighted by atomic mass is 10.0. The van der Waals surface area contributed by atoms with Gasteiger partial charge in [-0.15, -0.1) is 0 Å². The normalized spacial score (nSPS) is 16.3. The highest BCUT2D eigenvalue weighted by Crippen LogP contribution is 2.34. The smallest absolute Gasteiger partial charge is 0.409 e. The highest BCUT2D eigenvalue weighted by atomic mass is 16.5. The molecule has 2 atom stereocenters. The topological polar surface area (TPSA) is 135 Å². The van der Waals surface area contributed by atoms with Gasteiger partial charge in [0.05, 0.1) is 24.1 Å². The number of likely N-dealkylation sites (tertiary alicyclic amines) is 1. The molecular formula is C27H36N6O5. The van der Waals surface area contributed by atoms with Gasteiger partial charge in [0.2, 0.25) is 0 Å². The van der Waals surface area contributed by atoms with E-state index in [2.05, 4.69) is 15.8 Å². The van der Waals surface area contributed by atoms with Crippen molar-refractivity contribution in [2.24, 2.45) is 0 Å². The average molecular weight is 525 g/mol. The van der Waals surface area contributed by atoms with Gasteiger partial charge in [-0.05, 0) is 52.8 Å². The molecule has 11 heteroatoms. The van der Waals surface area contributed by atoms with E-state index in [1.807, 2.05) is 45.0 Å². The Labute approximate surface area is 222 Å². The van der Waals surface area contributed by atoms with Crippen molar-refractivity contribution in [2.75, 3.05) is 45.7 Å². The fraction of sp³-hybridized carbons (Fsp3) is 0.481. The number of aryl methyl sites for hydroxylation is 2. The standard InChI is InChI=1S/C27H36N6O5/c1-16-24(23-17(2)32-38-18(23)3)30-26(19-8-6-10-22(12-19)37-15-21(34)13-28-4)31-25(16)29-20-9-7-11-33(14-20)27(35)36-5/h6,8,10,12,20-21,28,34H,7,9,11,13-15H2,1-5H3,(H,29,30,31). The second kappa shape index (κ2) is 12.2. The van der Waals surface area contributed by atoms with Gasteiger partial charge in [0, 0.05) is 36.8 Å². The lowest BCUT2D eigenvalue weighted by Gasteiger charge is -2.32. The summed E-state index contributed by atoms with van der Waals surface area (Å²) in [7, 11) is 3.18. The van der Waals surface area contributed by atoms with Gasteiger partial charge in [-0.1, -0.05) is 17.3 Å². The molecule has 3 N–H and O–H groups in total. The third kappa shape index (κ3) is 6.22. The minimum absolute atomic E-state index is 0.00477. The van der Waals surface area contributed by atoms with Crippen LogP contribution in [0.3, 0.4) is 0 Å². The number of carbonyl (C=O) groups is 1. The molecule has 204 valence electrons. The molecular weight excluding hydrogens is 488 g/mol. The summed E-state index contributed by atoms with van der Waals surface area (Å²) in [6.07, 6.45) is 0.802. The number of likely N-dealkylation sites (N-methyl/N-ethyl adjacent to an activating group) is 1. The van der Waals surface area contributed by atoms with Crippen LogP contribution in [-0.4, -0.2) is 83.8 Å². The molecule has 38 heavy (non-hydrogen) atoms. The summed E-state index contributed by atoms with van der Waals surface area (Å²) in [5.74, 6) is 2.47. The first-order chi connectivity index (χ1) is 18.3. The molecule has 3 heterocycles. The summed E-state index contributed by atoms with van der Waals surface area (Å²) in [6.45, 7) is 7.50. The Bertz CT molecular complexity index is 1240. The van der Waals surface area contributed by atoms with Gasteiger partial charge in [0.25, 0.3) is 0 Å². The van der Waals surface area contributed by atoms with E-state index in [1.54, 1.807) is 11.9 Å². The van der Waals surface area contributed by atoms with E-state index < -0.39 is 6.10 Å².